The largest absolute Gasteiger partial charge is 0.418 e. The molecule has 0 saturated carbocycles. The smallest absolute Gasteiger partial charge is 0.382 e. The van der Waals surface area contributed by atoms with Crippen LogP contribution in [0.1, 0.15) is 37.0 Å². The van der Waals surface area contributed by atoms with E-state index in [1.165, 1.54) is 13.0 Å². The summed E-state index contributed by atoms with van der Waals surface area (Å²) in [5.41, 5.74) is -4.08. The number of halogens is 3. The molecule has 2 amide bonds. The minimum absolute atomic E-state index is 0.148. The number of imide groups is 1. The maximum atomic E-state index is 13.7. The number of rotatable bonds is 6. The Kier molecular flexibility index (Phi) is 5.59. The molecule has 2 bridgehead atoms. The molecule has 3 saturated heterocycles. The van der Waals surface area contributed by atoms with Crippen LogP contribution in [0.15, 0.2) is 12.1 Å². The van der Waals surface area contributed by atoms with Gasteiger partial charge in [-0.05, 0) is 44.9 Å². The maximum absolute atomic E-state index is 13.7. The van der Waals surface area contributed by atoms with Crippen LogP contribution >= 0.6 is 0 Å². The number of anilines is 1. The summed E-state index contributed by atoms with van der Waals surface area (Å²) < 4.78 is 58.0. The molecule has 7 nitrogen and oxygen atoms in total. The van der Waals surface area contributed by atoms with Crippen LogP contribution < -0.4 is 4.90 Å². The zero-order valence-corrected chi connectivity index (χ0v) is 18.8. The third-order valence-electron chi connectivity index (χ3n) is 7.33. The molecule has 178 valence electrons. The van der Waals surface area contributed by atoms with Crippen LogP contribution in [-0.4, -0.2) is 49.9 Å². The summed E-state index contributed by atoms with van der Waals surface area (Å²) in [4.78, 5) is 27.8. The third-order valence-corrected chi connectivity index (χ3v) is 7.33. The Morgan fingerprint density at radius 1 is 1.21 bits per heavy atom. The zero-order chi connectivity index (χ0) is 24.3. The van der Waals surface area contributed by atoms with Gasteiger partial charge in [0.2, 0.25) is 11.8 Å². The Balaban J connectivity index is 1.71. The normalized spacial score (nSPS) is 33.0. The van der Waals surface area contributed by atoms with Crippen molar-refractivity contribution in [3.8, 4) is 6.07 Å². The highest BCUT2D eigenvalue weighted by atomic mass is 19.4. The minimum atomic E-state index is -4.81. The molecule has 1 aromatic rings. The van der Waals surface area contributed by atoms with Gasteiger partial charge in [0.15, 0.2) is 0 Å². The summed E-state index contributed by atoms with van der Waals surface area (Å²) >= 11 is 0. The van der Waals surface area contributed by atoms with E-state index in [0.717, 1.165) is 11.0 Å². The van der Waals surface area contributed by atoms with Gasteiger partial charge in [-0.1, -0.05) is 0 Å². The maximum Gasteiger partial charge on any atom is 0.418 e. The van der Waals surface area contributed by atoms with Gasteiger partial charge < -0.3 is 14.2 Å². The van der Waals surface area contributed by atoms with Gasteiger partial charge in [-0.25, -0.2) is 4.90 Å². The first-order valence-electron chi connectivity index (χ1n) is 10.7. The van der Waals surface area contributed by atoms with E-state index in [1.807, 2.05) is 0 Å². The molecule has 3 aliphatic heterocycles. The van der Waals surface area contributed by atoms with Crippen LogP contribution in [-0.2, 0) is 30.0 Å². The number of amides is 2. The van der Waals surface area contributed by atoms with Crippen molar-refractivity contribution in [2.24, 2.45) is 17.8 Å². The van der Waals surface area contributed by atoms with E-state index in [-0.39, 0.29) is 17.2 Å². The van der Waals surface area contributed by atoms with Crippen LogP contribution in [0.5, 0.6) is 0 Å². The number of carbonyl (C=O) groups is 2. The third kappa shape index (κ3) is 3.36. The van der Waals surface area contributed by atoms with Gasteiger partial charge in [-0.15, -0.1) is 0 Å². The lowest BCUT2D eigenvalue weighted by Gasteiger charge is -2.35. The van der Waals surface area contributed by atoms with Crippen molar-refractivity contribution in [3.05, 3.63) is 28.8 Å². The molecule has 5 atom stereocenters. The van der Waals surface area contributed by atoms with Crippen molar-refractivity contribution >= 4 is 17.5 Å². The van der Waals surface area contributed by atoms with E-state index in [9.17, 15) is 22.8 Å². The molecular formula is C23H25F3N2O5. The SMILES string of the molecule is COCCOCC1C[C@]2(C)O[C@@]1(C)[C@H]1C(=O)N(c3ccc(C#N)c(C(F)(F)F)c3C)C(=O)[C@H]12. The van der Waals surface area contributed by atoms with Crippen LogP contribution in [0.2, 0.25) is 0 Å². The number of hydrogen-bond donors (Lipinski definition) is 0. The lowest BCUT2D eigenvalue weighted by molar-refractivity contribution is -0.138. The Morgan fingerprint density at radius 2 is 1.88 bits per heavy atom. The first-order chi connectivity index (χ1) is 15.4. The molecular weight excluding hydrogens is 441 g/mol. The molecule has 4 rings (SSSR count). The Hall–Kier alpha value is -2.48. The second-order valence-electron chi connectivity index (χ2n) is 9.28. The van der Waals surface area contributed by atoms with E-state index in [4.69, 9.17) is 19.5 Å². The zero-order valence-electron chi connectivity index (χ0n) is 18.8. The van der Waals surface area contributed by atoms with Crippen molar-refractivity contribution in [1.29, 1.82) is 5.26 Å². The second kappa shape index (κ2) is 7.79. The molecule has 0 N–H and O–H groups in total. The highest BCUT2D eigenvalue weighted by Crippen LogP contribution is 2.63. The van der Waals surface area contributed by atoms with Crippen LogP contribution in [0.25, 0.3) is 0 Å². The number of ether oxygens (including phenoxy) is 3. The fraction of sp³-hybridized carbons (Fsp3) is 0.609. The quantitative estimate of drug-likeness (QED) is 0.473. The molecule has 0 spiro atoms. The Morgan fingerprint density at radius 3 is 2.48 bits per heavy atom. The molecule has 3 fully saturated rings. The van der Waals surface area contributed by atoms with Gasteiger partial charge in [-0.3, -0.25) is 9.59 Å². The van der Waals surface area contributed by atoms with Gasteiger partial charge in [0.1, 0.15) is 0 Å². The highest BCUT2D eigenvalue weighted by Gasteiger charge is 2.75. The first-order valence-corrected chi connectivity index (χ1v) is 10.7. The molecule has 10 heteroatoms. The van der Waals surface area contributed by atoms with Crippen LogP contribution in [0.4, 0.5) is 18.9 Å². The Bertz CT molecular complexity index is 1050. The molecule has 1 unspecified atom stereocenters. The van der Waals surface area contributed by atoms with Crippen molar-refractivity contribution in [2.75, 3.05) is 31.8 Å². The van der Waals surface area contributed by atoms with E-state index in [2.05, 4.69) is 0 Å². The van der Waals surface area contributed by atoms with Crippen molar-refractivity contribution in [3.63, 3.8) is 0 Å². The Labute approximate surface area is 189 Å². The average molecular weight is 466 g/mol. The molecule has 33 heavy (non-hydrogen) atoms. The highest BCUT2D eigenvalue weighted by molar-refractivity contribution is 6.23. The van der Waals surface area contributed by atoms with E-state index in [1.54, 1.807) is 27.0 Å². The topological polar surface area (TPSA) is 88.9 Å². The number of fused-ring (bicyclic) bond motifs is 5. The average Bonchev–Trinajstić information content (AvgIpc) is 3.25. The molecule has 0 radical (unpaired) electrons. The van der Waals surface area contributed by atoms with Crippen molar-refractivity contribution < 1.29 is 37.0 Å². The summed E-state index contributed by atoms with van der Waals surface area (Å²) in [7, 11) is 1.56. The summed E-state index contributed by atoms with van der Waals surface area (Å²) in [5, 5.41) is 9.14. The van der Waals surface area contributed by atoms with E-state index >= 15 is 0 Å². The summed E-state index contributed by atoms with van der Waals surface area (Å²) in [6, 6.07) is 3.78. The molecule has 3 heterocycles. The van der Waals surface area contributed by atoms with Gasteiger partial charge in [0, 0.05) is 13.0 Å². The van der Waals surface area contributed by atoms with Crippen LogP contribution in [0.3, 0.4) is 0 Å². The number of alkyl halides is 3. The number of hydrogen-bond acceptors (Lipinski definition) is 6. The molecule has 0 aliphatic carbocycles. The minimum Gasteiger partial charge on any atom is -0.382 e. The summed E-state index contributed by atoms with van der Waals surface area (Å²) in [6.45, 7) is 5.82. The van der Waals surface area contributed by atoms with E-state index in [0.29, 0.717) is 26.2 Å². The lowest BCUT2D eigenvalue weighted by atomic mass is 9.64. The fourth-order valence-corrected chi connectivity index (χ4v) is 5.92. The molecule has 1 aromatic carbocycles. The molecule has 3 aliphatic rings. The monoisotopic (exact) mass is 466 g/mol. The van der Waals surface area contributed by atoms with Gasteiger partial charge in [0.25, 0.3) is 0 Å². The van der Waals surface area contributed by atoms with Gasteiger partial charge in [0.05, 0.1) is 65.7 Å². The summed E-state index contributed by atoms with van der Waals surface area (Å²) in [6.07, 6.45) is -4.32. The fourth-order valence-electron chi connectivity index (χ4n) is 5.92. The lowest BCUT2D eigenvalue weighted by Crippen LogP contribution is -2.47. The first kappa shape index (κ1) is 23.7. The van der Waals surface area contributed by atoms with Crippen LogP contribution in [0, 0.1) is 36.0 Å². The van der Waals surface area contributed by atoms with Gasteiger partial charge >= 0.3 is 6.18 Å². The summed E-state index contributed by atoms with van der Waals surface area (Å²) in [5.74, 6) is -2.95. The predicted molar refractivity (Wildman–Crippen MR) is 109 cm³/mol. The predicted octanol–water partition coefficient (Wildman–Crippen LogP) is 3.22. The number of benzene rings is 1. The number of nitrogens with zero attached hydrogens (tertiary/aromatic N) is 2. The van der Waals surface area contributed by atoms with Gasteiger partial charge in [-0.2, -0.15) is 18.4 Å². The van der Waals surface area contributed by atoms with E-state index < -0.39 is 52.2 Å². The number of methoxy groups -OCH3 is 1. The molecule has 0 aromatic heterocycles. The standard InChI is InChI=1S/C23H25F3N2O5/c1-12-15(6-5-13(10-27)16(12)23(24,25)26)28-19(29)17-18(20(28)30)22(3)14(9-21(17,2)33-22)11-32-8-7-31-4/h5-6,14,17-18H,7-9,11H2,1-4H3/t14?,17-,18+,21-,22+/m0/s1. The number of nitriles is 1. The van der Waals surface area contributed by atoms with Crippen molar-refractivity contribution in [1.82, 2.24) is 0 Å². The second-order valence-corrected chi connectivity index (χ2v) is 9.28. The van der Waals surface area contributed by atoms with Crippen molar-refractivity contribution in [2.45, 2.75) is 44.6 Å². The number of carbonyl (C=O) groups excluding carboxylic acids is 2.